The second kappa shape index (κ2) is 6.45. The highest BCUT2D eigenvalue weighted by Crippen LogP contribution is 2.37. The molecule has 0 aliphatic rings. The summed E-state index contributed by atoms with van der Waals surface area (Å²) in [5.41, 5.74) is 3.64. The molecule has 1 heterocycles. The van der Waals surface area contributed by atoms with Crippen molar-refractivity contribution in [3.05, 3.63) is 95.6 Å². The zero-order valence-corrected chi connectivity index (χ0v) is 14.3. The molecule has 4 rings (SSSR count). The first-order chi connectivity index (χ1) is 12.7. The third kappa shape index (κ3) is 2.64. The smallest absolute Gasteiger partial charge is 0.197 e. The Hall–Kier alpha value is -3.46. The van der Waals surface area contributed by atoms with E-state index in [0.29, 0.717) is 27.7 Å². The van der Waals surface area contributed by atoms with Crippen LogP contribution >= 0.6 is 0 Å². The van der Waals surface area contributed by atoms with Gasteiger partial charge in [0, 0.05) is 16.5 Å². The zero-order valence-electron chi connectivity index (χ0n) is 14.3. The van der Waals surface area contributed by atoms with Crippen molar-refractivity contribution < 1.29 is 9.90 Å². The number of carbonyl (C=O) groups is 1. The van der Waals surface area contributed by atoms with Gasteiger partial charge in [-0.3, -0.25) is 4.79 Å². The van der Waals surface area contributed by atoms with Crippen molar-refractivity contribution in [2.75, 3.05) is 0 Å². The van der Waals surface area contributed by atoms with Crippen LogP contribution in [0.15, 0.2) is 78.9 Å². The topological polar surface area (TPSA) is 50.2 Å². The standard InChI is InChI=1S/C23H17NO2/c1-15-9-8-14-18-19(15)20(22(25)17-12-6-3-7-13-17)23(26)21(24-18)16-10-4-2-5-11-16/h2-14,26H,1H3. The molecule has 3 nitrogen and oxygen atoms in total. The molecule has 1 N–H and O–H groups in total. The van der Waals surface area contributed by atoms with Crippen LogP contribution in [-0.4, -0.2) is 15.9 Å². The van der Waals surface area contributed by atoms with E-state index in [0.717, 1.165) is 11.1 Å². The highest BCUT2D eigenvalue weighted by Gasteiger charge is 2.23. The van der Waals surface area contributed by atoms with Crippen molar-refractivity contribution in [1.82, 2.24) is 4.98 Å². The van der Waals surface area contributed by atoms with Gasteiger partial charge in [-0.25, -0.2) is 4.98 Å². The van der Waals surface area contributed by atoms with Crippen molar-refractivity contribution in [2.24, 2.45) is 0 Å². The number of carbonyl (C=O) groups excluding carboxylic acids is 1. The average molecular weight is 339 g/mol. The zero-order chi connectivity index (χ0) is 18.1. The van der Waals surface area contributed by atoms with E-state index in [1.165, 1.54) is 0 Å². The third-order valence-electron chi connectivity index (χ3n) is 4.50. The summed E-state index contributed by atoms with van der Waals surface area (Å²) in [4.78, 5) is 17.9. The van der Waals surface area contributed by atoms with Crippen LogP contribution in [0.5, 0.6) is 5.75 Å². The number of hydrogen-bond acceptors (Lipinski definition) is 3. The molecule has 126 valence electrons. The van der Waals surface area contributed by atoms with Crippen molar-refractivity contribution in [2.45, 2.75) is 6.92 Å². The van der Waals surface area contributed by atoms with Crippen LogP contribution in [0.3, 0.4) is 0 Å². The van der Waals surface area contributed by atoms with Crippen LogP contribution in [0.2, 0.25) is 0 Å². The van der Waals surface area contributed by atoms with Gasteiger partial charge in [-0.15, -0.1) is 0 Å². The number of fused-ring (bicyclic) bond motifs is 1. The molecule has 0 bridgehead atoms. The summed E-state index contributed by atoms with van der Waals surface area (Å²) in [5.74, 6) is -0.283. The SMILES string of the molecule is Cc1cccc2nc(-c3ccccc3)c(O)c(C(=O)c3ccccc3)c12. The van der Waals surface area contributed by atoms with Gasteiger partial charge in [0.05, 0.1) is 11.1 Å². The molecule has 0 saturated carbocycles. The predicted octanol–water partition coefficient (Wildman–Crippen LogP) is 5.15. The number of pyridine rings is 1. The average Bonchev–Trinajstić information content (AvgIpc) is 2.69. The molecule has 3 aromatic carbocycles. The number of nitrogens with zero attached hydrogens (tertiary/aromatic N) is 1. The first-order valence-electron chi connectivity index (χ1n) is 8.44. The third-order valence-corrected chi connectivity index (χ3v) is 4.50. The Bertz CT molecular complexity index is 1100. The fraction of sp³-hybridized carbons (Fsp3) is 0.0435. The number of ketones is 1. The lowest BCUT2D eigenvalue weighted by Gasteiger charge is -2.14. The normalized spacial score (nSPS) is 10.8. The molecule has 0 aliphatic heterocycles. The second-order valence-electron chi connectivity index (χ2n) is 6.21. The Labute approximate surface area is 151 Å². The fourth-order valence-corrected chi connectivity index (χ4v) is 3.23. The van der Waals surface area contributed by atoms with E-state index in [1.54, 1.807) is 12.1 Å². The maximum absolute atomic E-state index is 13.2. The van der Waals surface area contributed by atoms with Crippen LogP contribution in [0.1, 0.15) is 21.5 Å². The van der Waals surface area contributed by atoms with E-state index in [2.05, 4.69) is 4.98 Å². The van der Waals surface area contributed by atoms with Crippen molar-refractivity contribution >= 4 is 16.7 Å². The van der Waals surface area contributed by atoms with Crippen LogP contribution < -0.4 is 0 Å². The monoisotopic (exact) mass is 339 g/mol. The molecule has 26 heavy (non-hydrogen) atoms. The molecule has 0 saturated heterocycles. The molecule has 1 aromatic heterocycles. The lowest BCUT2D eigenvalue weighted by atomic mass is 9.94. The summed E-state index contributed by atoms with van der Waals surface area (Å²) in [6.07, 6.45) is 0. The van der Waals surface area contributed by atoms with E-state index in [4.69, 9.17) is 0 Å². The molecule has 0 amide bonds. The highest BCUT2D eigenvalue weighted by molar-refractivity contribution is 6.19. The number of aromatic nitrogens is 1. The maximum Gasteiger partial charge on any atom is 0.197 e. The summed E-state index contributed by atoms with van der Waals surface area (Å²) in [7, 11) is 0. The molecule has 4 aromatic rings. The largest absolute Gasteiger partial charge is 0.505 e. The molecular formula is C23H17NO2. The Kier molecular flexibility index (Phi) is 3.98. The Morgan fingerprint density at radius 1 is 0.846 bits per heavy atom. The van der Waals surface area contributed by atoms with Crippen LogP contribution in [0, 0.1) is 6.92 Å². The molecular weight excluding hydrogens is 322 g/mol. The number of benzene rings is 3. The molecule has 0 aliphatic carbocycles. The van der Waals surface area contributed by atoms with Crippen LogP contribution in [0.25, 0.3) is 22.2 Å². The summed E-state index contributed by atoms with van der Waals surface area (Å²) >= 11 is 0. The van der Waals surface area contributed by atoms with E-state index < -0.39 is 0 Å². The lowest BCUT2D eigenvalue weighted by molar-refractivity contribution is 0.103. The second-order valence-corrected chi connectivity index (χ2v) is 6.21. The van der Waals surface area contributed by atoms with Gasteiger partial charge in [-0.1, -0.05) is 72.8 Å². The lowest BCUT2D eigenvalue weighted by Crippen LogP contribution is -2.05. The van der Waals surface area contributed by atoms with Gasteiger partial charge < -0.3 is 5.11 Å². The van der Waals surface area contributed by atoms with Gasteiger partial charge >= 0.3 is 0 Å². The van der Waals surface area contributed by atoms with E-state index in [1.807, 2.05) is 73.7 Å². The summed E-state index contributed by atoms with van der Waals surface area (Å²) in [5, 5.41) is 11.7. The Morgan fingerprint density at radius 3 is 2.19 bits per heavy atom. The number of hydrogen-bond donors (Lipinski definition) is 1. The Morgan fingerprint density at radius 2 is 1.50 bits per heavy atom. The first kappa shape index (κ1) is 16.0. The van der Waals surface area contributed by atoms with Crippen molar-refractivity contribution in [3.63, 3.8) is 0 Å². The van der Waals surface area contributed by atoms with Crippen LogP contribution in [0.4, 0.5) is 0 Å². The molecule has 0 atom stereocenters. The Balaban J connectivity index is 2.07. The van der Waals surface area contributed by atoms with E-state index in [-0.39, 0.29) is 11.5 Å². The summed E-state index contributed by atoms with van der Waals surface area (Å²) in [6, 6.07) is 24.1. The predicted molar refractivity (Wildman–Crippen MR) is 103 cm³/mol. The highest BCUT2D eigenvalue weighted by atomic mass is 16.3. The minimum atomic E-state index is -0.206. The van der Waals surface area contributed by atoms with Gasteiger partial charge in [0.25, 0.3) is 0 Å². The van der Waals surface area contributed by atoms with Gasteiger partial charge in [0.1, 0.15) is 5.69 Å². The van der Waals surface area contributed by atoms with Gasteiger partial charge in [-0.2, -0.15) is 0 Å². The van der Waals surface area contributed by atoms with Gasteiger partial charge in [0.2, 0.25) is 0 Å². The van der Waals surface area contributed by atoms with Gasteiger partial charge in [-0.05, 0) is 18.6 Å². The van der Waals surface area contributed by atoms with E-state index in [9.17, 15) is 9.90 Å². The minimum absolute atomic E-state index is 0.0770. The van der Waals surface area contributed by atoms with Gasteiger partial charge in [0.15, 0.2) is 11.5 Å². The fourth-order valence-electron chi connectivity index (χ4n) is 3.23. The summed E-state index contributed by atoms with van der Waals surface area (Å²) < 4.78 is 0. The van der Waals surface area contributed by atoms with E-state index >= 15 is 0 Å². The van der Waals surface area contributed by atoms with Crippen LogP contribution in [-0.2, 0) is 0 Å². The molecule has 0 spiro atoms. The molecule has 3 heteroatoms. The molecule has 0 radical (unpaired) electrons. The minimum Gasteiger partial charge on any atom is -0.505 e. The quantitative estimate of drug-likeness (QED) is 0.525. The summed E-state index contributed by atoms with van der Waals surface area (Å²) in [6.45, 7) is 1.92. The number of rotatable bonds is 3. The van der Waals surface area contributed by atoms with Crippen molar-refractivity contribution in [3.8, 4) is 17.0 Å². The first-order valence-corrected chi connectivity index (χ1v) is 8.44. The molecule has 0 fully saturated rings. The maximum atomic E-state index is 13.2. The van der Waals surface area contributed by atoms with Crippen molar-refractivity contribution in [1.29, 1.82) is 0 Å². The number of aromatic hydroxyl groups is 1. The number of aryl methyl sites for hydroxylation is 1. The molecule has 0 unspecified atom stereocenters.